The maximum absolute atomic E-state index is 10.8. The summed E-state index contributed by atoms with van der Waals surface area (Å²) in [6.07, 6.45) is 0. The smallest absolute Gasteiger partial charge is 0.311 e. The molecule has 0 atom stereocenters. The minimum atomic E-state index is -0.415. The molecule has 4 nitrogen and oxygen atoms in total. The first-order chi connectivity index (χ1) is 7.54. The molecule has 0 N–H and O–H groups in total. The average molecular weight is 288 g/mol. The van der Waals surface area contributed by atoms with Crippen LogP contribution in [0.3, 0.4) is 0 Å². The number of hydrogen-bond acceptors (Lipinski definition) is 3. The van der Waals surface area contributed by atoms with Gasteiger partial charge in [0.25, 0.3) is 0 Å². The number of hydrogen-bond donors (Lipinski definition) is 0. The normalized spacial score (nSPS) is 10.5. The first-order valence-electron chi connectivity index (χ1n) is 5.00. The molecule has 0 unspecified atom stereocenters. The van der Waals surface area contributed by atoms with Crippen LogP contribution in [0.5, 0.6) is 5.75 Å². The van der Waals surface area contributed by atoms with Crippen molar-refractivity contribution in [3.05, 3.63) is 33.9 Å². The minimum absolute atomic E-state index is 0.0256. The molecule has 0 amide bonds. The number of benzene rings is 1. The van der Waals surface area contributed by atoms with Crippen LogP contribution in [0.2, 0.25) is 0 Å². The van der Waals surface area contributed by atoms with Crippen molar-refractivity contribution in [3.8, 4) is 5.75 Å². The number of alkyl halides is 1. The Hall–Kier alpha value is -1.10. The molecule has 1 rings (SSSR count). The summed E-state index contributed by atoms with van der Waals surface area (Å²) in [5, 5.41) is 11.4. The summed E-state index contributed by atoms with van der Waals surface area (Å²) in [5.41, 5.74) is 0.890. The number of rotatable bonds is 5. The average Bonchev–Trinajstić information content (AvgIpc) is 2.25. The summed E-state index contributed by atoms with van der Waals surface area (Å²) >= 11 is 3.26. The fraction of sp³-hybridized carbons (Fsp3) is 0.455. The number of nitrogens with zero attached hydrogens (tertiary/aromatic N) is 1. The topological polar surface area (TPSA) is 52.4 Å². The van der Waals surface area contributed by atoms with Gasteiger partial charge in [-0.25, -0.2) is 0 Å². The van der Waals surface area contributed by atoms with E-state index in [9.17, 15) is 10.1 Å². The highest BCUT2D eigenvalue weighted by atomic mass is 79.9. The summed E-state index contributed by atoms with van der Waals surface area (Å²) < 4.78 is 5.40. The molecule has 0 saturated carbocycles. The Kier molecular flexibility index (Phi) is 4.73. The Balaban J connectivity index is 2.94. The second-order valence-electron chi connectivity index (χ2n) is 3.90. The third-order valence-corrected chi connectivity index (χ3v) is 2.59. The van der Waals surface area contributed by atoms with Crippen molar-refractivity contribution >= 4 is 21.6 Å². The largest absolute Gasteiger partial charge is 0.487 e. The molecule has 0 fully saturated rings. The lowest BCUT2D eigenvalue weighted by atomic mass is 10.2. The predicted molar refractivity (Wildman–Crippen MR) is 66.1 cm³/mol. The summed E-state index contributed by atoms with van der Waals surface area (Å²) in [6, 6.07) is 5.00. The Morgan fingerprint density at radius 2 is 2.19 bits per heavy atom. The molecule has 0 aliphatic carbocycles. The van der Waals surface area contributed by atoms with Crippen molar-refractivity contribution in [2.45, 2.75) is 19.2 Å². The zero-order valence-corrected chi connectivity index (χ0v) is 10.9. The molecular formula is C11H14BrNO3. The van der Waals surface area contributed by atoms with E-state index in [-0.39, 0.29) is 5.69 Å². The van der Waals surface area contributed by atoms with Crippen LogP contribution in [0.1, 0.15) is 19.4 Å². The molecule has 0 radical (unpaired) electrons. The van der Waals surface area contributed by atoms with E-state index in [0.29, 0.717) is 23.6 Å². The van der Waals surface area contributed by atoms with Gasteiger partial charge in [-0.15, -0.1) is 0 Å². The van der Waals surface area contributed by atoms with Crippen LogP contribution in [-0.2, 0) is 5.33 Å². The molecule has 88 valence electrons. The third kappa shape index (κ3) is 3.48. The molecule has 0 aliphatic rings. The van der Waals surface area contributed by atoms with Crippen molar-refractivity contribution in [1.29, 1.82) is 0 Å². The molecule has 1 aromatic carbocycles. The van der Waals surface area contributed by atoms with Gasteiger partial charge in [-0.05, 0) is 17.5 Å². The summed E-state index contributed by atoms with van der Waals surface area (Å²) in [7, 11) is 0. The molecule has 0 saturated heterocycles. The zero-order chi connectivity index (χ0) is 12.1. The van der Waals surface area contributed by atoms with E-state index in [4.69, 9.17) is 4.74 Å². The van der Waals surface area contributed by atoms with Crippen LogP contribution in [0.25, 0.3) is 0 Å². The van der Waals surface area contributed by atoms with E-state index in [1.807, 2.05) is 19.9 Å². The van der Waals surface area contributed by atoms with Gasteiger partial charge in [0.2, 0.25) is 0 Å². The van der Waals surface area contributed by atoms with E-state index < -0.39 is 4.92 Å². The van der Waals surface area contributed by atoms with E-state index in [2.05, 4.69) is 15.9 Å². The zero-order valence-electron chi connectivity index (χ0n) is 9.27. The van der Waals surface area contributed by atoms with Crippen molar-refractivity contribution < 1.29 is 9.66 Å². The summed E-state index contributed by atoms with van der Waals surface area (Å²) in [6.45, 7) is 4.48. The SMILES string of the molecule is CC(C)COc1ccc(CBr)cc1[N+](=O)[O-]. The highest BCUT2D eigenvalue weighted by Crippen LogP contribution is 2.29. The van der Waals surface area contributed by atoms with Gasteiger partial charge < -0.3 is 4.74 Å². The summed E-state index contributed by atoms with van der Waals surface area (Å²) in [5.74, 6) is 0.679. The third-order valence-electron chi connectivity index (χ3n) is 1.95. The molecule has 0 aromatic heterocycles. The Labute approximate surface area is 103 Å². The maximum atomic E-state index is 10.8. The van der Waals surface area contributed by atoms with Gasteiger partial charge in [0, 0.05) is 11.4 Å². The maximum Gasteiger partial charge on any atom is 0.311 e. The van der Waals surface area contributed by atoms with E-state index >= 15 is 0 Å². The fourth-order valence-corrected chi connectivity index (χ4v) is 1.52. The molecule has 5 heteroatoms. The first-order valence-corrected chi connectivity index (χ1v) is 6.12. The Bertz CT molecular complexity index is 379. The number of halogens is 1. The fourth-order valence-electron chi connectivity index (χ4n) is 1.17. The molecule has 0 aliphatic heterocycles. The first kappa shape index (κ1) is 13.0. The lowest BCUT2D eigenvalue weighted by Gasteiger charge is -2.09. The molecule has 0 heterocycles. The molecule has 1 aromatic rings. The highest BCUT2D eigenvalue weighted by molar-refractivity contribution is 9.08. The van der Waals surface area contributed by atoms with Crippen molar-refractivity contribution in [2.75, 3.05) is 6.61 Å². The predicted octanol–water partition coefficient (Wildman–Crippen LogP) is 3.52. The molecule has 16 heavy (non-hydrogen) atoms. The van der Waals surface area contributed by atoms with Crippen molar-refractivity contribution in [1.82, 2.24) is 0 Å². The molecule has 0 bridgehead atoms. The van der Waals surface area contributed by atoms with Gasteiger partial charge in [0.15, 0.2) is 5.75 Å². The van der Waals surface area contributed by atoms with E-state index in [1.165, 1.54) is 6.07 Å². The van der Waals surface area contributed by atoms with Crippen molar-refractivity contribution in [2.24, 2.45) is 5.92 Å². The molecular weight excluding hydrogens is 274 g/mol. The van der Waals surface area contributed by atoms with Gasteiger partial charge in [-0.3, -0.25) is 10.1 Å². The second-order valence-corrected chi connectivity index (χ2v) is 4.46. The number of ether oxygens (including phenoxy) is 1. The summed E-state index contributed by atoms with van der Waals surface area (Å²) in [4.78, 5) is 10.4. The van der Waals surface area contributed by atoms with E-state index in [1.54, 1.807) is 6.07 Å². The Morgan fingerprint density at radius 1 is 1.50 bits per heavy atom. The van der Waals surface area contributed by atoms with Crippen molar-refractivity contribution in [3.63, 3.8) is 0 Å². The Morgan fingerprint density at radius 3 is 2.69 bits per heavy atom. The molecule has 0 spiro atoms. The van der Waals surface area contributed by atoms with Gasteiger partial charge in [-0.2, -0.15) is 0 Å². The van der Waals surface area contributed by atoms with Gasteiger partial charge >= 0.3 is 5.69 Å². The van der Waals surface area contributed by atoms with Crippen LogP contribution in [0.15, 0.2) is 18.2 Å². The van der Waals surface area contributed by atoms with Crippen LogP contribution >= 0.6 is 15.9 Å². The lowest BCUT2D eigenvalue weighted by molar-refractivity contribution is -0.385. The van der Waals surface area contributed by atoms with E-state index in [0.717, 1.165) is 5.56 Å². The van der Waals surface area contributed by atoms with Crippen LogP contribution < -0.4 is 4.74 Å². The lowest BCUT2D eigenvalue weighted by Crippen LogP contribution is -2.06. The number of nitro groups is 1. The van der Waals surface area contributed by atoms with Gasteiger partial charge in [-0.1, -0.05) is 35.8 Å². The van der Waals surface area contributed by atoms with Gasteiger partial charge in [0.1, 0.15) is 0 Å². The standard InChI is InChI=1S/C11H14BrNO3/c1-8(2)7-16-11-4-3-9(6-12)5-10(11)13(14)15/h3-5,8H,6-7H2,1-2H3. The second kappa shape index (κ2) is 5.84. The van der Waals surface area contributed by atoms with Gasteiger partial charge in [0.05, 0.1) is 11.5 Å². The van der Waals surface area contributed by atoms with Crippen LogP contribution in [0.4, 0.5) is 5.69 Å². The van der Waals surface area contributed by atoms with Crippen LogP contribution in [0, 0.1) is 16.0 Å². The number of nitro benzene ring substituents is 1. The monoisotopic (exact) mass is 287 g/mol. The highest BCUT2D eigenvalue weighted by Gasteiger charge is 2.15. The minimum Gasteiger partial charge on any atom is -0.487 e. The quantitative estimate of drug-likeness (QED) is 0.473. The van der Waals surface area contributed by atoms with Crippen LogP contribution in [-0.4, -0.2) is 11.5 Å².